The van der Waals surface area contributed by atoms with Crippen molar-refractivity contribution in [2.45, 2.75) is 25.7 Å². The minimum atomic E-state index is 0.578. The van der Waals surface area contributed by atoms with Gasteiger partial charge in [-0.05, 0) is 24.8 Å². The van der Waals surface area contributed by atoms with Crippen molar-refractivity contribution in [2.75, 3.05) is 6.54 Å². The van der Waals surface area contributed by atoms with Crippen LogP contribution in [0.25, 0.3) is 0 Å². The van der Waals surface area contributed by atoms with Crippen molar-refractivity contribution in [2.24, 2.45) is 0 Å². The van der Waals surface area contributed by atoms with Crippen LogP contribution in [0.15, 0.2) is 30.3 Å². The van der Waals surface area contributed by atoms with Crippen LogP contribution >= 0.6 is 0 Å². The topological polar surface area (TPSA) is 23.8 Å². The highest BCUT2D eigenvalue weighted by atomic mass is 14.5. The van der Waals surface area contributed by atoms with E-state index < -0.39 is 0 Å². The van der Waals surface area contributed by atoms with Gasteiger partial charge in [0, 0.05) is 6.54 Å². The Bertz CT molecular complexity index is 193. The molecule has 0 spiro atoms. The Morgan fingerprint density at radius 2 is 1.67 bits per heavy atom. The molecule has 1 nitrogen and oxygen atoms in total. The maximum atomic E-state index is 6.99. The summed E-state index contributed by atoms with van der Waals surface area (Å²) >= 11 is 0. The molecular formula is C11H16N. The van der Waals surface area contributed by atoms with Crippen molar-refractivity contribution in [1.82, 2.24) is 5.73 Å². The van der Waals surface area contributed by atoms with Gasteiger partial charge in [0.25, 0.3) is 0 Å². The average molecular weight is 162 g/mol. The molecule has 0 saturated heterocycles. The van der Waals surface area contributed by atoms with Gasteiger partial charge in [-0.15, -0.1) is 0 Å². The van der Waals surface area contributed by atoms with E-state index in [0.29, 0.717) is 6.54 Å². The van der Waals surface area contributed by atoms with E-state index in [1.807, 2.05) is 6.07 Å². The van der Waals surface area contributed by atoms with E-state index in [1.165, 1.54) is 24.8 Å². The standard InChI is InChI=1S/C11H16N/c12-10-6-2-5-9-11-7-3-1-4-8-11/h1,3-4,7-8,12H,2,5-6,9-10H2. The van der Waals surface area contributed by atoms with Crippen LogP contribution in [-0.2, 0) is 6.42 Å². The highest BCUT2D eigenvalue weighted by molar-refractivity contribution is 5.14. The van der Waals surface area contributed by atoms with E-state index in [9.17, 15) is 0 Å². The Labute approximate surface area is 74.6 Å². The first-order valence-electron chi connectivity index (χ1n) is 4.62. The number of unbranched alkanes of at least 4 members (excludes halogenated alkanes) is 2. The van der Waals surface area contributed by atoms with E-state index >= 15 is 0 Å². The van der Waals surface area contributed by atoms with Crippen LogP contribution in [0, 0.1) is 0 Å². The minimum absolute atomic E-state index is 0.578. The van der Waals surface area contributed by atoms with Crippen molar-refractivity contribution in [3.05, 3.63) is 35.9 Å². The third-order valence-corrected chi connectivity index (χ3v) is 1.99. The first-order chi connectivity index (χ1) is 5.93. The smallest absolute Gasteiger partial charge is 0.00997 e. The lowest BCUT2D eigenvalue weighted by Crippen LogP contribution is -1.88. The van der Waals surface area contributed by atoms with Gasteiger partial charge in [-0.25, -0.2) is 0 Å². The van der Waals surface area contributed by atoms with Crippen LogP contribution < -0.4 is 5.73 Å². The van der Waals surface area contributed by atoms with Crippen LogP contribution in [0.4, 0.5) is 0 Å². The first kappa shape index (κ1) is 9.27. The molecule has 1 radical (unpaired) electrons. The highest BCUT2D eigenvalue weighted by Gasteiger charge is 1.90. The second-order valence-corrected chi connectivity index (χ2v) is 3.05. The third kappa shape index (κ3) is 3.54. The van der Waals surface area contributed by atoms with Crippen LogP contribution in [0.1, 0.15) is 24.8 Å². The zero-order chi connectivity index (χ0) is 8.65. The summed E-state index contributed by atoms with van der Waals surface area (Å²) in [7, 11) is 0. The molecule has 1 rings (SSSR count). The van der Waals surface area contributed by atoms with Crippen LogP contribution in [0.5, 0.6) is 0 Å². The lowest BCUT2D eigenvalue weighted by molar-refractivity contribution is 0.680. The lowest BCUT2D eigenvalue weighted by Gasteiger charge is -1.99. The molecule has 0 unspecified atom stereocenters. The maximum absolute atomic E-state index is 6.99. The summed E-state index contributed by atoms with van der Waals surface area (Å²) in [5.41, 5.74) is 8.40. The summed E-state index contributed by atoms with van der Waals surface area (Å²) in [6.07, 6.45) is 4.63. The van der Waals surface area contributed by atoms with Gasteiger partial charge >= 0.3 is 0 Å². The molecule has 0 amide bonds. The molecule has 0 aromatic heterocycles. The fourth-order valence-electron chi connectivity index (χ4n) is 1.28. The van der Waals surface area contributed by atoms with E-state index in [2.05, 4.69) is 24.3 Å². The second kappa shape index (κ2) is 5.78. The Hall–Kier alpha value is -0.820. The van der Waals surface area contributed by atoms with Crippen LogP contribution in [0.3, 0.4) is 0 Å². The number of hydrogen-bond acceptors (Lipinski definition) is 0. The molecule has 0 bridgehead atoms. The molecule has 12 heavy (non-hydrogen) atoms. The maximum Gasteiger partial charge on any atom is 0.00997 e. The second-order valence-electron chi connectivity index (χ2n) is 3.05. The highest BCUT2D eigenvalue weighted by Crippen LogP contribution is 2.05. The Morgan fingerprint density at radius 1 is 0.917 bits per heavy atom. The normalized spacial score (nSPS) is 10.1. The van der Waals surface area contributed by atoms with Gasteiger partial charge in [0.05, 0.1) is 0 Å². The first-order valence-corrected chi connectivity index (χ1v) is 4.62. The lowest BCUT2D eigenvalue weighted by atomic mass is 10.1. The molecule has 1 aromatic carbocycles. The fourth-order valence-corrected chi connectivity index (χ4v) is 1.28. The summed E-state index contributed by atoms with van der Waals surface area (Å²) in [5.74, 6) is 0. The summed E-state index contributed by atoms with van der Waals surface area (Å²) in [4.78, 5) is 0. The number of benzene rings is 1. The van der Waals surface area contributed by atoms with Gasteiger partial charge in [-0.2, -0.15) is 0 Å². The van der Waals surface area contributed by atoms with Crippen molar-refractivity contribution >= 4 is 0 Å². The van der Waals surface area contributed by atoms with Crippen molar-refractivity contribution in [3.8, 4) is 0 Å². The molecule has 0 aliphatic carbocycles. The SMILES string of the molecule is [NH]CCCCCc1ccccc1. The monoisotopic (exact) mass is 162 g/mol. The van der Waals surface area contributed by atoms with Gasteiger partial charge in [0.2, 0.25) is 0 Å². The fraction of sp³-hybridized carbons (Fsp3) is 0.455. The van der Waals surface area contributed by atoms with Crippen molar-refractivity contribution in [3.63, 3.8) is 0 Å². The third-order valence-electron chi connectivity index (χ3n) is 1.99. The minimum Gasteiger partial charge on any atom is -0.258 e. The van der Waals surface area contributed by atoms with E-state index in [-0.39, 0.29) is 0 Å². The van der Waals surface area contributed by atoms with Crippen LogP contribution in [-0.4, -0.2) is 6.54 Å². The molecule has 0 fully saturated rings. The predicted octanol–water partition coefficient (Wildman–Crippen LogP) is 2.68. The molecule has 1 aromatic rings. The number of rotatable bonds is 5. The Kier molecular flexibility index (Phi) is 4.47. The molecule has 0 saturated carbocycles. The van der Waals surface area contributed by atoms with Gasteiger partial charge in [-0.3, -0.25) is 5.73 Å². The summed E-state index contributed by atoms with van der Waals surface area (Å²) in [6.45, 7) is 0.578. The largest absolute Gasteiger partial charge is 0.258 e. The summed E-state index contributed by atoms with van der Waals surface area (Å²) in [6, 6.07) is 10.5. The number of hydrogen-bond donors (Lipinski definition) is 0. The van der Waals surface area contributed by atoms with E-state index in [1.54, 1.807) is 0 Å². The molecule has 65 valence electrons. The molecule has 0 heterocycles. The molecule has 0 aliphatic heterocycles. The predicted molar refractivity (Wildman–Crippen MR) is 52.0 cm³/mol. The molecule has 1 N–H and O–H groups in total. The van der Waals surface area contributed by atoms with Gasteiger partial charge in [0.15, 0.2) is 0 Å². The molecule has 0 aliphatic rings. The summed E-state index contributed by atoms with van der Waals surface area (Å²) < 4.78 is 0. The van der Waals surface area contributed by atoms with Crippen molar-refractivity contribution in [1.29, 1.82) is 0 Å². The zero-order valence-corrected chi connectivity index (χ0v) is 7.42. The quantitative estimate of drug-likeness (QED) is 0.594. The Balaban J connectivity index is 2.16. The number of nitrogens with one attached hydrogen (secondary N) is 1. The Morgan fingerprint density at radius 3 is 2.33 bits per heavy atom. The molecular weight excluding hydrogens is 146 g/mol. The van der Waals surface area contributed by atoms with E-state index in [0.717, 1.165) is 6.42 Å². The van der Waals surface area contributed by atoms with Gasteiger partial charge in [-0.1, -0.05) is 36.8 Å². The zero-order valence-electron chi connectivity index (χ0n) is 7.42. The summed E-state index contributed by atoms with van der Waals surface area (Å²) in [5, 5.41) is 0. The van der Waals surface area contributed by atoms with Gasteiger partial charge in [0.1, 0.15) is 0 Å². The number of aryl methyl sites for hydroxylation is 1. The van der Waals surface area contributed by atoms with Crippen molar-refractivity contribution < 1.29 is 0 Å². The molecule has 1 heteroatoms. The average Bonchev–Trinajstić information content (AvgIpc) is 2.14. The van der Waals surface area contributed by atoms with Gasteiger partial charge < -0.3 is 0 Å². The van der Waals surface area contributed by atoms with Crippen LogP contribution in [0.2, 0.25) is 0 Å². The molecule has 0 atom stereocenters. The van der Waals surface area contributed by atoms with E-state index in [4.69, 9.17) is 5.73 Å².